The van der Waals surface area contributed by atoms with Crippen LogP contribution < -0.4 is 15.0 Å². The van der Waals surface area contributed by atoms with E-state index in [1.807, 2.05) is 25.1 Å². The Bertz CT molecular complexity index is 1190. The fraction of sp³-hybridized carbons (Fsp3) is 0.423. The third-order valence-electron chi connectivity index (χ3n) is 6.91. The topological polar surface area (TPSA) is 88.2 Å². The summed E-state index contributed by atoms with van der Waals surface area (Å²) in [4.78, 5) is 42.1. The summed E-state index contributed by atoms with van der Waals surface area (Å²) in [5, 5.41) is 3.09. The van der Waals surface area contributed by atoms with Crippen molar-refractivity contribution in [3.8, 4) is 5.75 Å². The quantitative estimate of drug-likeness (QED) is 0.570. The van der Waals surface area contributed by atoms with Gasteiger partial charge in [0.15, 0.2) is 5.72 Å². The van der Waals surface area contributed by atoms with Crippen LogP contribution in [0.5, 0.6) is 5.75 Å². The Morgan fingerprint density at radius 1 is 1.26 bits per heavy atom. The number of fused-ring (bicyclic) bond motifs is 4. The van der Waals surface area contributed by atoms with Crippen LogP contribution in [0.3, 0.4) is 0 Å². The van der Waals surface area contributed by atoms with Crippen LogP contribution in [-0.2, 0) is 9.53 Å². The highest BCUT2D eigenvalue weighted by Gasteiger charge is 2.50. The number of halogens is 1. The first-order chi connectivity index (χ1) is 16.8. The van der Waals surface area contributed by atoms with E-state index in [2.05, 4.69) is 21.2 Å². The molecule has 2 bridgehead atoms. The Kier molecular flexibility index (Phi) is 6.21. The molecule has 3 amide bonds. The van der Waals surface area contributed by atoms with Gasteiger partial charge in [0.2, 0.25) is 0 Å². The Labute approximate surface area is 212 Å². The van der Waals surface area contributed by atoms with Crippen LogP contribution >= 0.6 is 15.9 Å². The number of urea groups is 1. The van der Waals surface area contributed by atoms with E-state index in [4.69, 9.17) is 9.47 Å². The predicted molar refractivity (Wildman–Crippen MR) is 133 cm³/mol. The molecule has 3 atom stereocenters. The molecule has 8 nitrogen and oxygen atoms in total. The van der Waals surface area contributed by atoms with Gasteiger partial charge in [-0.15, -0.1) is 0 Å². The monoisotopic (exact) mass is 541 g/mol. The lowest BCUT2D eigenvalue weighted by molar-refractivity contribution is -0.149. The number of nitrogens with zero attached hydrogens (tertiary/aromatic N) is 2. The third kappa shape index (κ3) is 4.37. The number of likely N-dealkylation sites (tertiary alicyclic amines) is 1. The van der Waals surface area contributed by atoms with Crippen molar-refractivity contribution in [2.24, 2.45) is 5.92 Å². The largest absolute Gasteiger partial charge is 0.467 e. The Morgan fingerprint density at radius 3 is 2.89 bits per heavy atom. The number of piperidine rings is 1. The van der Waals surface area contributed by atoms with Crippen molar-refractivity contribution in [2.45, 2.75) is 44.9 Å². The second kappa shape index (κ2) is 9.18. The van der Waals surface area contributed by atoms with Crippen LogP contribution in [0.15, 0.2) is 46.9 Å². The number of anilines is 1. The normalized spacial score (nSPS) is 25.3. The first-order valence-electron chi connectivity index (χ1n) is 11.9. The van der Waals surface area contributed by atoms with Crippen molar-refractivity contribution in [2.75, 3.05) is 24.6 Å². The summed E-state index contributed by atoms with van der Waals surface area (Å²) in [6.45, 7) is 4.92. The van der Waals surface area contributed by atoms with Gasteiger partial charge < -0.3 is 19.7 Å². The van der Waals surface area contributed by atoms with Gasteiger partial charge in [-0.1, -0.05) is 22.0 Å². The van der Waals surface area contributed by atoms with Crippen LogP contribution in [0, 0.1) is 5.92 Å². The molecule has 0 radical (unpaired) electrons. The highest BCUT2D eigenvalue weighted by molar-refractivity contribution is 9.10. The van der Waals surface area contributed by atoms with Gasteiger partial charge in [0, 0.05) is 35.1 Å². The lowest BCUT2D eigenvalue weighted by atomic mass is 9.90. The number of hydrogen-bond donors (Lipinski definition) is 1. The van der Waals surface area contributed by atoms with E-state index in [-0.39, 0.29) is 29.9 Å². The fourth-order valence-electron chi connectivity index (χ4n) is 5.31. The summed E-state index contributed by atoms with van der Waals surface area (Å²) in [5.74, 6) is -0.00757. The van der Waals surface area contributed by atoms with E-state index in [1.165, 1.54) is 0 Å². The van der Waals surface area contributed by atoms with Crippen molar-refractivity contribution in [1.29, 1.82) is 0 Å². The standard InChI is InChI=1S/C26H28BrN3O5/c1-3-34-24(32)17-7-5-11-29(15-17)23(31)16-6-4-8-19(12-16)30-25(33)28-21-14-26(30,2)35-22-10-9-18(27)13-20(21)22/h4,6,8-10,12-13,17,21H,3,5,7,11,14-15H2,1-2H3,(H,28,33)/t17-,21-,26+/m0/s1. The lowest BCUT2D eigenvalue weighted by Crippen LogP contribution is -2.65. The fourth-order valence-corrected chi connectivity index (χ4v) is 5.69. The molecule has 184 valence electrons. The van der Waals surface area contributed by atoms with Crippen molar-refractivity contribution in [1.82, 2.24) is 10.2 Å². The van der Waals surface area contributed by atoms with E-state index in [9.17, 15) is 14.4 Å². The maximum Gasteiger partial charge on any atom is 0.325 e. The molecule has 0 aliphatic carbocycles. The number of rotatable bonds is 4. The summed E-state index contributed by atoms with van der Waals surface area (Å²) in [5.41, 5.74) is 1.07. The summed E-state index contributed by atoms with van der Waals surface area (Å²) >= 11 is 3.49. The van der Waals surface area contributed by atoms with Crippen LogP contribution in [0.1, 0.15) is 55.1 Å². The zero-order chi connectivity index (χ0) is 24.7. The number of benzene rings is 2. The number of amides is 3. The molecule has 3 aliphatic heterocycles. The van der Waals surface area contributed by atoms with Crippen LogP contribution in [0.2, 0.25) is 0 Å². The molecule has 2 aromatic rings. The summed E-state index contributed by atoms with van der Waals surface area (Å²) in [6.07, 6.45) is 2.02. The first kappa shape index (κ1) is 23.7. The molecule has 2 saturated heterocycles. The van der Waals surface area contributed by atoms with Crippen LogP contribution in [-0.4, -0.2) is 48.2 Å². The van der Waals surface area contributed by atoms with Gasteiger partial charge in [-0.25, -0.2) is 4.79 Å². The molecule has 9 heteroatoms. The zero-order valence-electron chi connectivity index (χ0n) is 19.8. The van der Waals surface area contributed by atoms with E-state index in [0.717, 1.165) is 22.2 Å². The van der Waals surface area contributed by atoms with Crippen molar-refractivity contribution >= 4 is 39.5 Å². The number of ether oxygens (including phenoxy) is 2. The Morgan fingerprint density at radius 2 is 2.09 bits per heavy atom. The van der Waals surface area contributed by atoms with Crippen molar-refractivity contribution in [3.63, 3.8) is 0 Å². The molecule has 5 rings (SSSR count). The maximum atomic E-state index is 13.4. The molecule has 35 heavy (non-hydrogen) atoms. The van der Waals surface area contributed by atoms with E-state index < -0.39 is 5.72 Å². The highest BCUT2D eigenvalue weighted by Crippen LogP contribution is 2.46. The molecule has 2 aromatic carbocycles. The third-order valence-corrected chi connectivity index (χ3v) is 7.41. The Balaban J connectivity index is 1.40. The van der Waals surface area contributed by atoms with E-state index >= 15 is 0 Å². The summed E-state index contributed by atoms with van der Waals surface area (Å²) in [6, 6.07) is 12.4. The molecule has 0 unspecified atom stereocenters. The summed E-state index contributed by atoms with van der Waals surface area (Å²) < 4.78 is 12.4. The second-order valence-corrected chi connectivity index (χ2v) is 10.3. The number of carbonyl (C=O) groups excluding carboxylic acids is 3. The minimum atomic E-state index is -0.907. The predicted octanol–water partition coefficient (Wildman–Crippen LogP) is 4.63. The summed E-state index contributed by atoms with van der Waals surface area (Å²) in [7, 11) is 0. The van der Waals surface area contributed by atoms with Gasteiger partial charge in [-0.3, -0.25) is 14.5 Å². The van der Waals surface area contributed by atoms with Gasteiger partial charge in [0.25, 0.3) is 5.91 Å². The van der Waals surface area contributed by atoms with Gasteiger partial charge in [-0.2, -0.15) is 0 Å². The number of nitrogens with one attached hydrogen (secondary N) is 1. The minimum Gasteiger partial charge on any atom is -0.467 e. The van der Waals surface area contributed by atoms with Crippen molar-refractivity contribution in [3.05, 3.63) is 58.1 Å². The van der Waals surface area contributed by atoms with Gasteiger partial charge in [0.05, 0.1) is 24.3 Å². The zero-order valence-corrected chi connectivity index (χ0v) is 21.3. The van der Waals surface area contributed by atoms with Crippen LogP contribution in [0.4, 0.5) is 10.5 Å². The SMILES string of the molecule is CCOC(=O)[C@H]1CCCN(C(=O)c2cccc(N3C(=O)N[C@H]4C[C@@]3(C)Oc3ccc(Br)cc34)c2)C1. The molecular formula is C26H28BrN3O5. The molecule has 0 aromatic heterocycles. The van der Waals surface area contributed by atoms with Gasteiger partial charge in [-0.05, 0) is 63.1 Å². The minimum absolute atomic E-state index is 0.164. The molecule has 1 N–H and O–H groups in total. The second-order valence-electron chi connectivity index (χ2n) is 9.39. The number of carbonyl (C=O) groups is 3. The van der Waals surface area contributed by atoms with Gasteiger partial charge in [0.1, 0.15) is 5.75 Å². The first-order valence-corrected chi connectivity index (χ1v) is 12.7. The average molecular weight is 542 g/mol. The average Bonchev–Trinajstić information content (AvgIpc) is 2.84. The molecule has 3 heterocycles. The Hall–Kier alpha value is -3.07. The molecular weight excluding hydrogens is 514 g/mol. The smallest absolute Gasteiger partial charge is 0.325 e. The maximum absolute atomic E-state index is 13.4. The lowest BCUT2D eigenvalue weighted by Gasteiger charge is -2.50. The molecule has 0 spiro atoms. The highest BCUT2D eigenvalue weighted by atomic mass is 79.9. The molecule has 2 fully saturated rings. The van der Waals surface area contributed by atoms with E-state index in [1.54, 1.807) is 41.0 Å². The number of hydrogen-bond acceptors (Lipinski definition) is 5. The molecule has 0 saturated carbocycles. The van der Waals surface area contributed by atoms with Crippen molar-refractivity contribution < 1.29 is 23.9 Å². The molecule has 3 aliphatic rings. The van der Waals surface area contributed by atoms with Crippen LogP contribution in [0.25, 0.3) is 0 Å². The number of esters is 1. The van der Waals surface area contributed by atoms with Gasteiger partial charge >= 0.3 is 12.0 Å². The van der Waals surface area contributed by atoms with E-state index in [0.29, 0.717) is 43.8 Å².